The van der Waals surface area contributed by atoms with Crippen LogP contribution in [0, 0.1) is 0 Å². The SMILES string of the molecule is Oc1cccc2c(NC3CC3)cccc12. The second kappa shape index (κ2) is 3.16. The Morgan fingerprint density at radius 3 is 2.53 bits per heavy atom. The van der Waals surface area contributed by atoms with Gasteiger partial charge in [-0.2, -0.15) is 0 Å². The van der Waals surface area contributed by atoms with Crippen molar-refractivity contribution in [3.8, 4) is 5.75 Å². The largest absolute Gasteiger partial charge is 0.507 e. The molecule has 0 radical (unpaired) electrons. The van der Waals surface area contributed by atoms with E-state index in [2.05, 4.69) is 11.4 Å². The van der Waals surface area contributed by atoms with Gasteiger partial charge in [-0.3, -0.25) is 0 Å². The molecule has 1 aliphatic carbocycles. The molecule has 2 N–H and O–H groups in total. The van der Waals surface area contributed by atoms with Crippen molar-refractivity contribution in [3.05, 3.63) is 36.4 Å². The number of hydrogen-bond acceptors (Lipinski definition) is 2. The van der Waals surface area contributed by atoms with Crippen LogP contribution < -0.4 is 5.32 Å². The Hall–Kier alpha value is -1.70. The van der Waals surface area contributed by atoms with Crippen molar-refractivity contribution in [1.82, 2.24) is 0 Å². The number of benzene rings is 2. The fourth-order valence-corrected chi connectivity index (χ4v) is 1.87. The van der Waals surface area contributed by atoms with E-state index in [9.17, 15) is 5.11 Å². The lowest BCUT2D eigenvalue weighted by molar-refractivity contribution is 0.481. The van der Waals surface area contributed by atoms with Crippen molar-refractivity contribution in [3.63, 3.8) is 0 Å². The molecule has 0 aromatic heterocycles. The highest BCUT2D eigenvalue weighted by Gasteiger charge is 2.21. The van der Waals surface area contributed by atoms with Crippen molar-refractivity contribution in [2.24, 2.45) is 0 Å². The first-order chi connectivity index (χ1) is 7.34. The zero-order valence-electron chi connectivity index (χ0n) is 8.40. The smallest absolute Gasteiger partial charge is 0.123 e. The first kappa shape index (κ1) is 8.60. The molecule has 2 nitrogen and oxygen atoms in total. The Balaban J connectivity index is 2.16. The fraction of sp³-hybridized carbons (Fsp3) is 0.231. The summed E-state index contributed by atoms with van der Waals surface area (Å²) >= 11 is 0. The minimum absolute atomic E-state index is 0.354. The summed E-state index contributed by atoms with van der Waals surface area (Å²) in [7, 11) is 0. The summed E-state index contributed by atoms with van der Waals surface area (Å²) in [5.41, 5.74) is 1.13. The van der Waals surface area contributed by atoms with Crippen LogP contribution in [0.15, 0.2) is 36.4 Å². The summed E-state index contributed by atoms with van der Waals surface area (Å²) in [5.74, 6) is 0.354. The summed E-state index contributed by atoms with van der Waals surface area (Å²) in [5, 5.41) is 15.2. The van der Waals surface area contributed by atoms with Crippen LogP contribution in [0.1, 0.15) is 12.8 Å². The van der Waals surface area contributed by atoms with Gasteiger partial charge in [0, 0.05) is 22.5 Å². The van der Waals surface area contributed by atoms with Gasteiger partial charge in [-0.1, -0.05) is 24.3 Å². The second-order valence-corrected chi connectivity index (χ2v) is 4.10. The van der Waals surface area contributed by atoms with Gasteiger partial charge in [0.25, 0.3) is 0 Å². The van der Waals surface area contributed by atoms with E-state index < -0.39 is 0 Å². The van der Waals surface area contributed by atoms with Gasteiger partial charge in [0.1, 0.15) is 5.75 Å². The number of rotatable bonds is 2. The van der Waals surface area contributed by atoms with Crippen molar-refractivity contribution in [2.75, 3.05) is 5.32 Å². The van der Waals surface area contributed by atoms with Crippen LogP contribution in [0.3, 0.4) is 0 Å². The zero-order chi connectivity index (χ0) is 10.3. The maximum Gasteiger partial charge on any atom is 0.123 e. The number of fused-ring (bicyclic) bond motifs is 1. The number of hydrogen-bond donors (Lipinski definition) is 2. The third-order valence-electron chi connectivity index (χ3n) is 2.84. The number of anilines is 1. The Bertz CT molecular complexity index is 503. The van der Waals surface area contributed by atoms with Crippen LogP contribution in [-0.4, -0.2) is 11.1 Å². The molecule has 3 rings (SSSR count). The fourth-order valence-electron chi connectivity index (χ4n) is 1.87. The molecule has 0 saturated heterocycles. The molecule has 2 aromatic rings. The summed E-state index contributed by atoms with van der Waals surface area (Å²) in [6, 6.07) is 12.3. The van der Waals surface area contributed by atoms with Crippen molar-refractivity contribution < 1.29 is 5.11 Å². The molecule has 0 unspecified atom stereocenters. The lowest BCUT2D eigenvalue weighted by atomic mass is 10.1. The van der Waals surface area contributed by atoms with Crippen LogP contribution in [0.4, 0.5) is 5.69 Å². The molecule has 2 heteroatoms. The Morgan fingerprint density at radius 1 is 1.00 bits per heavy atom. The number of phenols is 1. The Morgan fingerprint density at radius 2 is 1.73 bits per heavy atom. The van der Waals surface area contributed by atoms with Gasteiger partial charge >= 0.3 is 0 Å². The standard InChI is InChI=1S/C13H13NO/c15-13-6-2-3-10-11(13)4-1-5-12(10)14-9-7-8-9/h1-6,9,14-15H,7-8H2. The van der Waals surface area contributed by atoms with Crippen LogP contribution in [-0.2, 0) is 0 Å². The van der Waals surface area contributed by atoms with Gasteiger partial charge in [-0.15, -0.1) is 0 Å². The van der Waals surface area contributed by atoms with E-state index in [1.54, 1.807) is 6.07 Å². The Kier molecular flexibility index (Phi) is 1.81. The molecule has 0 heterocycles. The number of phenolic OH excluding ortho intramolecular Hbond substituents is 1. The first-order valence-electron chi connectivity index (χ1n) is 5.32. The quantitative estimate of drug-likeness (QED) is 0.778. The molecule has 15 heavy (non-hydrogen) atoms. The van der Waals surface area contributed by atoms with Crippen molar-refractivity contribution in [2.45, 2.75) is 18.9 Å². The van der Waals surface area contributed by atoms with Crippen LogP contribution in [0.25, 0.3) is 10.8 Å². The van der Waals surface area contributed by atoms with E-state index in [1.807, 2.05) is 24.3 Å². The van der Waals surface area contributed by atoms with E-state index in [4.69, 9.17) is 0 Å². The highest BCUT2D eigenvalue weighted by atomic mass is 16.3. The predicted molar refractivity (Wildman–Crippen MR) is 62.3 cm³/mol. The predicted octanol–water partition coefficient (Wildman–Crippen LogP) is 3.12. The van der Waals surface area contributed by atoms with Gasteiger partial charge in [0.05, 0.1) is 0 Å². The third kappa shape index (κ3) is 1.52. The topological polar surface area (TPSA) is 32.3 Å². The van der Waals surface area contributed by atoms with Crippen molar-refractivity contribution >= 4 is 16.5 Å². The lowest BCUT2D eigenvalue weighted by Crippen LogP contribution is -2.00. The molecule has 0 aliphatic heterocycles. The van der Waals surface area contributed by atoms with E-state index in [0.29, 0.717) is 11.8 Å². The van der Waals surface area contributed by atoms with Crippen LogP contribution in [0.5, 0.6) is 5.75 Å². The number of nitrogens with one attached hydrogen (secondary N) is 1. The van der Waals surface area contributed by atoms with Gasteiger partial charge in [0.15, 0.2) is 0 Å². The van der Waals surface area contributed by atoms with Gasteiger partial charge in [0.2, 0.25) is 0 Å². The molecular weight excluding hydrogens is 186 g/mol. The second-order valence-electron chi connectivity index (χ2n) is 4.10. The maximum absolute atomic E-state index is 9.72. The molecule has 1 saturated carbocycles. The van der Waals surface area contributed by atoms with E-state index in [0.717, 1.165) is 16.5 Å². The molecule has 0 spiro atoms. The van der Waals surface area contributed by atoms with E-state index >= 15 is 0 Å². The van der Waals surface area contributed by atoms with Crippen LogP contribution in [0.2, 0.25) is 0 Å². The van der Waals surface area contributed by atoms with Crippen molar-refractivity contribution in [1.29, 1.82) is 0 Å². The summed E-state index contributed by atoms with van der Waals surface area (Å²) in [4.78, 5) is 0. The van der Waals surface area contributed by atoms with Crippen LogP contribution >= 0.6 is 0 Å². The van der Waals surface area contributed by atoms with Gasteiger partial charge < -0.3 is 10.4 Å². The molecule has 76 valence electrons. The average molecular weight is 199 g/mol. The normalized spacial score (nSPS) is 15.5. The van der Waals surface area contributed by atoms with E-state index in [-0.39, 0.29) is 0 Å². The highest BCUT2D eigenvalue weighted by Crippen LogP contribution is 2.32. The summed E-state index contributed by atoms with van der Waals surface area (Å²) < 4.78 is 0. The monoisotopic (exact) mass is 199 g/mol. The Labute approximate surface area is 88.5 Å². The number of aromatic hydroxyl groups is 1. The highest BCUT2D eigenvalue weighted by molar-refractivity contribution is 5.97. The summed E-state index contributed by atoms with van der Waals surface area (Å²) in [6.07, 6.45) is 2.52. The molecule has 1 fully saturated rings. The average Bonchev–Trinajstić information content (AvgIpc) is 3.04. The van der Waals surface area contributed by atoms with Gasteiger partial charge in [-0.25, -0.2) is 0 Å². The lowest BCUT2D eigenvalue weighted by Gasteiger charge is -2.09. The zero-order valence-corrected chi connectivity index (χ0v) is 8.40. The molecule has 2 aromatic carbocycles. The molecule has 1 aliphatic rings. The molecule has 0 bridgehead atoms. The summed E-state index contributed by atoms with van der Waals surface area (Å²) in [6.45, 7) is 0. The minimum Gasteiger partial charge on any atom is -0.507 e. The molecular formula is C13H13NO. The first-order valence-corrected chi connectivity index (χ1v) is 5.32. The maximum atomic E-state index is 9.72. The minimum atomic E-state index is 0.354. The van der Waals surface area contributed by atoms with E-state index in [1.165, 1.54) is 12.8 Å². The molecule has 0 atom stereocenters. The van der Waals surface area contributed by atoms with Gasteiger partial charge in [-0.05, 0) is 25.0 Å². The third-order valence-corrected chi connectivity index (χ3v) is 2.84. The molecule has 0 amide bonds.